The van der Waals surface area contributed by atoms with Gasteiger partial charge < -0.3 is 14.5 Å². The van der Waals surface area contributed by atoms with E-state index in [2.05, 4.69) is 44.4 Å². The highest BCUT2D eigenvalue weighted by atomic mass is 16.5. The van der Waals surface area contributed by atoms with Gasteiger partial charge in [0.15, 0.2) is 5.82 Å². The van der Waals surface area contributed by atoms with Crippen molar-refractivity contribution in [3.8, 4) is 5.75 Å². The Bertz CT molecular complexity index is 822. The van der Waals surface area contributed by atoms with E-state index >= 15 is 0 Å². The van der Waals surface area contributed by atoms with Crippen LogP contribution in [0.5, 0.6) is 5.75 Å². The summed E-state index contributed by atoms with van der Waals surface area (Å²) in [6, 6.07) is 8.06. The molecule has 2 aliphatic rings. The van der Waals surface area contributed by atoms with Crippen LogP contribution in [-0.4, -0.2) is 82.3 Å². The van der Waals surface area contributed by atoms with Crippen LogP contribution in [0.25, 0.3) is 0 Å². The molecular formula is C21H31N7O2. The van der Waals surface area contributed by atoms with Crippen LogP contribution in [-0.2, 0) is 17.9 Å². The number of nitrogens with zero attached hydrogens (tertiary/aromatic N) is 7. The van der Waals surface area contributed by atoms with Crippen molar-refractivity contribution in [1.29, 1.82) is 0 Å². The molecule has 0 radical (unpaired) electrons. The molecular weight excluding hydrogens is 382 g/mol. The van der Waals surface area contributed by atoms with Crippen molar-refractivity contribution in [2.45, 2.75) is 32.9 Å². The number of piperazine rings is 1. The number of methoxy groups -OCH3 is 1. The van der Waals surface area contributed by atoms with Crippen LogP contribution in [0, 0.1) is 5.92 Å². The number of hydrogen-bond donors (Lipinski definition) is 0. The van der Waals surface area contributed by atoms with E-state index in [9.17, 15) is 4.79 Å². The number of ether oxygens (including phenoxy) is 1. The first-order valence-corrected chi connectivity index (χ1v) is 10.8. The molecule has 30 heavy (non-hydrogen) atoms. The number of piperidine rings is 1. The molecule has 2 aromatic rings. The number of carbonyl (C=O) groups excluding carboxylic acids is 1. The smallest absolute Gasteiger partial charge is 0.244 e. The minimum atomic E-state index is 0.0743. The molecule has 162 valence electrons. The monoisotopic (exact) mass is 413 g/mol. The average Bonchev–Trinajstić information content (AvgIpc) is 3.22. The molecule has 9 nitrogen and oxygen atoms in total. The highest BCUT2D eigenvalue weighted by Gasteiger charge is 2.24. The Morgan fingerprint density at radius 1 is 1.07 bits per heavy atom. The van der Waals surface area contributed by atoms with Crippen molar-refractivity contribution >= 4 is 11.6 Å². The predicted octanol–water partition coefficient (Wildman–Crippen LogP) is 1.26. The summed E-state index contributed by atoms with van der Waals surface area (Å²) in [5.74, 6) is 2.49. The van der Waals surface area contributed by atoms with Crippen LogP contribution in [0.15, 0.2) is 24.3 Å². The first-order valence-electron chi connectivity index (χ1n) is 10.8. The molecule has 2 saturated heterocycles. The zero-order valence-corrected chi connectivity index (χ0v) is 17.9. The summed E-state index contributed by atoms with van der Waals surface area (Å²) < 4.78 is 6.89. The number of tetrazole rings is 1. The van der Waals surface area contributed by atoms with Gasteiger partial charge in [-0.15, -0.1) is 5.10 Å². The normalized spacial score (nSPS) is 18.6. The third-order valence-corrected chi connectivity index (χ3v) is 6.20. The maximum absolute atomic E-state index is 12.8. The molecule has 0 saturated carbocycles. The summed E-state index contributed by atoms with van der Waals surface area (Å²) >= 11 is 0. The summed E-state index contributed by atoms with van der Waals surface area (Å²) in [6.45, 7) is 8.37. The number of anilines is 1. The van der Waals surface area contributed by atoms with Crippen LogP contribution in [0.2, 0.25) is 0 Å². The molecule has 9 heteroatoms. The second-order valence-electron chi connectivity index (χ2n) is 8.28. The quantitative estimate of drug-likeness (QED) is 0.705. The zero-order chi connectivity index (χ0) is 20.9. The topological polar surface area (TPSA) is 79.6 Å². The molecule has 1 amide bonds. The average molecular weight is 414 g/mol. The van der Waals surface area contributed by atoms with E-state index in [1.807, 2.05) is 17.0 Å². The highest BCUT2D eigenvalue weighted by molar-refractivity contribution is 5.76. The van der Waals surface area contributed by atoms with Gasteiger partial charge in [-0.05, 0) is 66.5 Å². The van der Waals surface area contributed by atoms with Gasteiger partial charge in [0.1, 0.15) is 12.3 Å². The summed E-state index contributed by atoms with van der Waals surface area (Å²) in [4.78, 5) is 19.4. The van der Waals surface area contributed by atoms with E-state index in [0.717, 1.165) is 49.4 Å². The molecule has 3 heterocycles. The lowest BCUT2D eigenvalue weighted by Crippen LogP contribution is -2.49. The van der Waals surface area contributed by atoms with Crippen LogP contribution < -0.4 is 9.64 Å². The van der Waals surface area contributed by atoms with Gasteiger partial charge >= 0.3 is 0 Å². The Balaban J connectivity index is 1.28. The largest absolute Gasteiger partial charge is 0.497 e. The molecule has 4 rings (SSSR count). The SMILES string of the molecule is COc1ccc(N2CCN(C(=O)Cn3nnnc3CN3CCC(C)CC3)CC2)cc1. The lowest BCUT2D eigenvalue weighted by atomic mass is 9.99. The maximum Gasteiger partial charge on any atom is 0.244 e. The summed E-state index contributed by atoms with van der Waals surface area (Å²) in [5, 5.41) is 12.0. The van der Waals surface area contributed by atoms with Gasteiger partial charge in [-0.1, -0.05) is 6.92 Å². The number of hydrogen-bond acceptors (Lipinski definition) is 7. The van der Waals surface area contributed by atoms with Crippen molar-refractivity contribution in [3.63, 3.8) is 0 Å². The standard InChI is InChI=1S/C21H31N7O2/c1-17-7-9-25(10-8-17)15-20-22-23-24-28(20)16-21(29)27-13-11-26(12-14-27)18-3-5-19(30-2)6-4-18/h3-6,17H,7-16H2,1-2H3. The van der Waals surface area contributed by atoms with Gasteiger partial charge in [0.25, 0.3) is 0 Å². The number of likely N-dealkylation sites (tertiary alicyclic amines) is 1. The van der Waals surface area contributed by atoms with Crippen molar-refractivity contribution in [1.82, 2.24) is 30.0 Å². The van der Waals surface area contributed by atoms with Gasteiger partial charge in [-0.3, -0.25) is 9.69 Å². The van der Waals surface area contributed by atoms with Crippen LogP contribution >= 0.6 is 0 Å². The molecule has 2 fully saturated rings. The first kappa shape index (κ1) is 20.6. The van der Waals surface area contributed by atoms with E-state index in [0.29, 0.717) is 19.6 Å². The predicted molar refractivity (Wildman–Crippen MR) is 113 cm³/mol. The summed E-state index contributed by atoms with van der Waals surface area (Å²) in [7, 11) is 1.67. The molecule has 1 aromatic heterocycles. The molecule has 0 unspecified atom stereocenters. The number of aromatic nitrogens is 4. The number of amides is 1. The fourth-order valence-corrected chi connectivity index (χ4v) is 4.11. The molecule has 0 N–H and O–H groups in total. The molecule has 0 bridgehead atoms. The van der Waals surface area contributed by atoms with Gasteiger partial charge in [-0.25, -0.2) is 4.68 Å². The minimum absolute atomic E-state index is 0.0743. The minimum Gasteiger partial charge on any atom is -0.497 e. The van der Waals surface area contributed by atoms with E-state index in [1.165, 1.54) is 12.8 Å². The van der Waals surface area contributed by atoms with Crippen molar-refractivity contribution < 1.29 is 9.53 Å². The summed E-state index contributed by atoms with van der Waals surface area (Å²) in [5.41, 5.74) is 1.15. The fourth-order valence-electron chi connectivity index (χ4n) is 4.11. The van der Waals surface area contributed by atoms with E-state index in [1.54, 1.807) is 11.8 Å². The van der Waals surface area contributed by atoms with Crippen LogP contribution in [0.4, 0.5) is 5.69 Å². The first-order chi connectivity index (χ1) is 14.6. The van der Waals surface area contributed by atoms with Gasteiger partial charge in [0.2, 0.25) is 5.91 Å². The second kappa shape index (κ2) is 9.42. The third kappa shape index (κ3) is 4.89. The van der Waals surface area contributed by atoms with Gasteiger partial charge in [0.05, 0.1) is 13.7 Å². The lowest BCUT2D eigenvalue weighted by molar-refractivity contribution is -0.132. The van der Waals surface area contributed by atoms with E-state index in [4.69, 9.17) is 4.74 Å². The van der Waals surface area contributed by atoms with Crippen molar-refractivity contribution in [2.24, 2.45) is 5.92 Å². The lowest BCUT2D eigenvalue weighted by Gasteiger charge is -2.36. The van der Waals surface area contributed by atoms with Crippen LogP contribution in [0.1, 0.15) is 25.6 Å². The van der Waals surface area contributed by atoms with E-state index in [-0.39, 0.29) is 12.5 Å². The Morgan fingerprint density at radius 3 is 2.43 bits per heavy atom. The Labute approximate surface area is 177 Å². The molecule has 0 spiro atoms. The second-order valence-corrected chi connectivity index (χ2v) is 8.28. The van der Waals surface area contributed by atoms with Gasteiger partial charge in [-0.2, -0.15) is 0 Å². The third-order valence-electron chi connectivity index (χ3n) is 6.20. The number of benzene rings is 1. The summed E-state index contributed by atoms with van der Waals surface area (Å²) in [6.07, 6.45) is 2.41. The maximum atomic E-state index is 12.8. The zero-order valence-electron chi connectivity index (χ0n) is 17.9. The molecule has 0 atom stereocenters. The Kier molecular flexibility index (Phi) is 6.47. The van der Waals surface area contributed by atoms with Crippen molar-refractivity contribution in [3.05, 3.63) is 30.1 Å². The van der Waals surface area contributed by atoms with Crippen molar-refractivity contribution in [2.75, 3.05) is 51.3 Å². The van der Waals surface area contributed by atoms with Crippen LogP contribution in [0.3, 0.4) is 0 Å². The fraction of sp³-hybridized carbons (Fsp3) is 0.619. The van der Waals surface area contributed by atoms with Gasteiger partial charge in [0, 0.05) is 31.9 Å². The molecule has 2 aliphatic heterocycles. The number of carbonyl (C=O) groups is 1. The molecule has 1 aromatic carbocycles. The molecule has 0 aliphatic carbocycles. The Hall–Kier alpha value is -2.68. The van der Waals surface area contributed by atoms with E-state index < -0.39 is 0 Å². The Morgan fingerprint density at radius 2 is 1.77 bits per heavy atom. The highest BCUT2D eigenvalue weighted by Crippen LogP contribution is 2.21. The number of rotatable bonds is 6.